The van der Waals surface area contributed by atoms with Gasteiger partial charge in [0.15, 0.2) is 5.16 Å². The summed E-state index contributed by atoms with van der Waals surface area (Å²) in [7, 11) is 0. The number of aliphatic carboxylic acids is 1. The third-order valence-corrected chi connectivity index (χ3v) is 3.85. The number of carboxylic acids is 1. The first-order valence-electron chi connectivity index (χ1n) is 6.42. The van der Waals surface area contributed by atoms with Crippen molar-refractivity contribution in [2.24, 2.45) is 0 Å². The lowest BCUT2D eigenvalue weighted by atomic mass is 10.1. The van der Waals surface area contributed by atoms with Gasteiger partial charge in [-0.25, -0.2) is 0 Å². The summed E-state index contributed by atoms with van der Waals surface area (Å²) in [5, 5.41) is 17.6. The van der Waals surface area contributed by atoms with E-state index in [2.05, 4.69) is 34.5 Å². The minimum atomic E-state index is -0.849. The van der Waals surface area contributed by atoms with Crippen molar-refractivity contribution in [3.8, 4) is 0 Å². The van der Waals surface area contributed by atoms with E-state index in [1.54, 1.807) is 0 Å². The highest BCUT2D eigenvalue weighted by Gasteiger charge is 2.13. The zero-order chi connectivity index (χ0) is 14.5. The lowest BCUT2D eigenvalue weighted by molar-refractivity contribution is -0.133. The maximum atomic E-state index is 10.7. The van der Waals surface area contributed by atoms with Crippen molar-refractivity contribution in [1.82, 2.24) is 14.8 Å². The molecule has 1 heterocycles. The predicted molar refractivity (Wildman–Crippen MR) is 78.0 cm³/mol. The van der Waals surface area contributed by atoms with Crippen LogP contribution in [0.5, 0.6) is 0 Å². The monoisotopic (exact) mass is 291 g/mol. The molecule has 1 aromatic heterocycles. The second-order valence-corrected chi connectivity index (χ2v) is 5.45. The van der Waals surface area contributed by atoms with Crippen LogP contribution >= 0.6 is 11.8 Å². The Bertz CT molecular complexity index is 593. The van der Waals surface area contributed by atoms with E-state index < -0.39 is 5.97 Å². The number of benzene rings is 1. The molecule has 0 atom stereocenters. The third-order valence-electron chi connectivity index (χ3n) is 2.90. The van der Waals surface area contributed by atoms with E-state index in [-0.39, 0.29) is 5.75 Å². The van der Waals surface area contributed by atoms with Crippen LogP contribution in [0.3, 0.4) is 0 Å². The van der Waals surface area contributed by atoms with Crippen LogP contribution in [0.1, 0.15) is 23.9 Å². The van der Waals surface area contributed by atoms with Crippen LogP contribution in [-0.4, -0.2) is 31.6 Å². The Morgan fingerprint density at radius 1 is 1.30 bits per heavy atom. The number of nitrogens with zero attached hydrogens (tertiary/aromatic N) is 3. The summed E-state index contributed by atoms with van der Waals surface area (Å²) < 4.78 is 1.98. The minimum Gasteiger partial charge on any atom is -0.481 e. The highest BCUT2D eigenvalue weighted by atomic mass is 32.2. The Hall–Kier alpha value is -1.82. The van der Waals surface area contributed by atoms with Crippen molar-refractivity contribution >= 4 is 17.7 Å². The molecule has 20 heavy (non-hydrogen) atoms. The van der Waals surface area contributed by atoms with Crippen LogP contribution in [0.15, 0.2) is 29.4 Å². The van der Waals surface area contributed by atoms with Crippen molar-refractivity contribution in [2.45, 2.75) is 32.0 Å². The van der Waals surface area contributed by atoms with Gasteiger partial charge >= 0.3 is 5.97 Å². The van der Waals surface area contributed by atoms with Crippen LogP contribution in [0.4, 0.5) is 0 Å². The second-order valence-electron chi connectivity index (χ2n) is 4.51. The standard InChI is InChI=1S/C14H17N3O2S/c1-3-12-15-16-14(20-9-13(18)19)17(12)8-11-6-4-10(2)5-7-11/h4-7H,3,8-9H2,1-2H3,(H,18,19). The van der Waals surface area contributed by atoms with Gasteiger partial charge in [-0.2, -0.15) is 0 Å². The molecule has 2 rings (SSSR count). The Balaban J connectivity index is 2.21. The van der Waals surface area contributed by atoms with Gasteiger partial charge in [0, 0.05) is 6.42 Å². The van der Waals surface area contributed by atoms with Crippen LogP contribution in [0.25, 0.3) is 0 Å². The van der Waals surface area contributed by atoms with Gasteiger partial charge in [-0.15, -0.1) is 10.2 Å². The molecule has 1 aromatic carbocycles. The van der Waals surface area contributed by atoms with Crippen molar-refractivity contribution in [2.75, 3.05) is 5.75 Å². The molecule has 0 unspecified atom stereocenters. The molecule has 0 aliphatic rings. The van der Waals surface area contributed by atoms with Gasteiger partial charge in [0.05, 0.1) is 12.3 Å². The maximum Gasteiger partial charge on any atom is 0.313 e. The second kappa shape index (κ2) is 6.56. The summed E-state index contributed by atoms with van der Waals surface area (Å²) in [6.07, 6.45) is 0.770. The SMILES string of the molecule is CCc1nnc(SCC(=O)O)n1Cc1ccc(C)cc1. The topological polar surface area (TPSA) is 68.0 Å². The molecule has 0 spiro atoms. The first-order chi connectivity index (χ1) is 9.60. The zero-order valence-corrected chi connectivity index (χ0v) is 12.4. The van der Waals surface area contributed by atoms with Crippen molar-refractivity contribution < 1.29 is 9.90 Å². The third kappa shape index (κ3) is 3.60. The molecular formula is C14H17N3O2S. The predicted octanol–water partition coefficient (Wildman–Crippen LogP) is 2.37. The van der Waals surface area contributed by atoms with Crippen LogP contribution in [0.2, 0.25) is 0 Å². The van der Waals surface area contributed by atoms with Crippen molar-refractivity contribution in [3.05, 3.63) is 41.2 Å². The Labute approximate surface area is 122 Å². The fourth-order valence-corrected chi connectivity index (χ4v) is 2.53. The van der Waals surface area contributed by atoms with Gasteiger partial charge in [0.2, 0.25) is 0 Å². The smallest absolute Gasteiger partial charge is 0.313 e. The fraction of sp³-hybridized carbons (Fsp3) is 0.357. The average Bonchev–Trinajstić information content (AvgIpc) is 2.81. The van der Waals surface area contributed by atoms with E-state index in [1.165, 1.54) is 17.3 Å². The van der Waals surface area contributed by atoms with Crippen molar-refractivity contribution in [3.63, 3.8) is 0 Å². The number of rotatable bonds is 6. The molecule has 0 saturated heterocycles. The molecule has 2 aromatic rings. The van der Waals surface area contributed by atoms with Crippen LogP contribution in [-0.2, 0) is 17.8 Å². The molecule has 0 radical (unpaired) electrons. The van der Waals surface area contributed by atoms with E-state index in [4.69, 9.17) is 5.11 Å². The Morgan fingerprint density at radius 2 is 2.00 bits per heavy atom. The molecule has 0 amide bonds. The zero-order valence-electron chi connectivity index (χ0n) is 11.5. The fourth-order valence-electron chi connectivity index (χ4n) is 1.85. The molecule has 106 valence electrons. The van der Waals surface area contributed by atoms with Gasteiger partial charge in [-0.05, 0) is 12.5 Å². The largest absolute Gasteiger partial charge is 0.481 e. The van der Waals surface area contributed by atoms with Crippen molar-refractivity contribution in [1.29, 1.82) is 0 Å². The molecule has 0 bridgehead atoms. The minimum absolute atomic E-state index is 0.00422. The first-order valence-corrected chi connectivity index (χ1v) is 7.41. The lowest BCUT2D eigenvalue weighted by Gasteiger charge is -2.09. The summed E-state index contributed by atoms with van der Waals surface area (Å²) in [5.74, 6) is 0.0202. The number of carbonyl (C=O) groups is 1. The summed E-state index contributed by atoms with van der Waals surface area (Å²) in [5.41, 5.74) is 2.37. The molecule has 0 fully saturated rings. The normalized spacial score (nSPS) is 10.7. The van der Waals surface area contributed by atoms with E-state index in [9.17, 15) is 4.79 Å². The molecule has 0 saturated carbocycles. The quantitative estimate of drug-likeness (QED) is 0.828. The molecule has 0 aliphatic carbocycles. The van der Waals surface area contributed by atoms with Gasteiger partial charge < -0.3 is 9.67 Å². The Morgan fingerprint density at radius 3 is 2.60 bits per heavy atom. The van der Waals surface area contributed by atoms with E-state index in [1.807, 2.05) is 18.4 Å². The molecule has 1 N–H and O–H groups in total. The number of carboxylic acid groups (broad SMARTS) is 1. The van der Waals surface area contributed by atoms with Gasteiger partial charge in [0.1, 0.15) is 5.82 Å². The number of hydrogen-bond donors (Lipinski definition) is 1. The van der Waals surface area contributed by atoms with E-state index >= 15 is 0 Å². The van der Waals surface area contributed by atoms with Gasteiger partial charge in [0.25, 0.3) is 0 Å². The molecular weight excluding hydrogens is 274 g/mol. The molecule has 5 nitrogen and oxygen atoms in total. The summed E-state index contributed by atoms with van der Waals surface area (Å²) in [6.45, 7) is 4.73. The summed E-state index contributed by atoms with van der Waals surface area (Å²) in [6, 6.07) is 8.27. The van der Waals surface area contributed by atoms with Gasteiger partial charge in [-0.1, -0.05) is 48.5 Å². The number of aromatic nitrogens is 3. The van der Waals surface area contributed by atoms with Crippen LogP contribution < -0.4 is 0 Å². The van der Waals surface area contributed by atoms with E-state index in [0.29, 0.717) is 11.7 Å². The molecule has 6 heteroatoms. The highest BCUT2D eigenvalue weighted by molar-refractivity contribution is 7.99. The lowest BCUT2D eigenvalue weighted by Crippen LogP contribution is -2.07. The molecule has 0 aliphatic heterocycles. The summed E-state index contributed by atoms with van der Waals surface area (Å²) >= 11 is 1.20. The number of hydrogen-bond acceptors (Lipinski definition) is 4. The van der Waals surface area contributed by atoms with Crippen LogP contribution in [0, 0.1) is 6.92 Å². The summed E-state index contributed by atoms with van der Waals surface area (Å²) in [4.78, 5) is 10.7. The first kappa shape index (κ1) is 14.6. The maximum absolute atomic E-state index is 10.7. The number of thioether (sulfide) groups is 1. The Kier molecular flexibility index (Phi) is 4.79. The average molecular weight is 291 g/mol. The van der Waals surface area contributed by atoms with E-state index in [0.717, 1.165) is 17.8 Å². The van der Waals surface area contributed by atoms with Gasteiger partial charge in [-0.3, -0.25) is 4.79 Å². The number of aryl methyl sites for hydroxylation is 2. The highest BCUT2D eigenvalue weighted by Crippen LogP contribution is 2.19.